The van der Waals surface area contributed by atoms with E-state index in [-0.39, 0.29) is 11.9 Å². The average Bonchev–Trinajstić information content (AvgIpc) is 2.30. The van der Waals surface area contributed by atoms with Gasteiger partial charge in [0.15, 0.2) is 0 Å². The molecular formula is C13H20N2O2. The summed E-state index contributed by atoms with van der Waals surface area (Å²) in [5.41, 5.74) is 6.01. The van der Waals surface area contributed by atoms with Gasteiger partial charge in [0, 0.05) is 6.04 Å². The third-order valence-electron chi connectivity index (χ3n) is 2.41. The lowest BCUT2D eigenvalue weighted by Crippen LogP contribution is -2.34. The minimum Gasteiger partial charge on any atom is -0.493 e. The molecule has 1 atom stereocenters. The van der Waals surface area contributed by atoms with E-state index in [4.69, 9.17) is 10.5 Å². The van der Waals surface area contributed by atoms with Crippen molar-refractivity contribution in [3.63, 3.8) is 0 Å². The van der Waals surface area contributed by atoms with E-state index in [0.29, 0.717) is 24.5 Å². The number of carbonyl (C=O) groups excluding carboxylic acids is 1. The van der Waals surface area contributed by atoms with E-state index in [0.717, 1.165) is 6.42 Å². The Kier molecular flexibility index (Phi) is 5.49. The van der Waals surface area contributed by atoms with Gasteiger partial charge in [-0.25, -0.2) is 0 Å². The summed E-state index contributed by atoms with van der Waals surface area (Å²) < 4.78 is 5.41. The molecule has 1 rings (SSSR count). The van der Waals surface area contributed by atoms with E-state index in [9.17, 15) is 4.79 Å². The molecule has 0 saturated carbocycles. The number of nitrogens with one attached hydrogen (secondary N) is 1. The number of nitrogens with two attached hydrogens (primary N) is 1. The Morgan fingerprint density at radius 1 is 1.47 bits per heavy atom. The number of rotatable bonds is 6. The zero-order valence-corrected chi connectivity index (χ0v) is 10.4. The van der Waals surface area contributed by atoms with Crippen LogP contribution in [0.25, 0.3) is 0 Å². The van der Waals surface area contributed by atoms with Gasteiger partial charge in [-0.3, -0.25) is 4.79 Å². The van der Waals surface area contributed by atoms with Gasteiger partial charge in [-0.2, -0.15) is 0 Å². The second-order valence-electron chi connectivity index (χ2n) is 3.88. The van der Waals surface area contributed by atoms with Crippen molar-refractivity contribution in [1.82, 2.24) is 5.32 Å². The van der Waals surface area contributed by atoms with Gasteiger partial charge >= 0.3 is 0 Å². The van der Waals surface area contributed by atoms with Crippen LogP contribution in [0.2, 0.25) is 0 Å². The molecule has 17 heavy (non-hydrogen) atoms. The zero-order chi connectivity index (χ0) is 12.7. The van der Waals surface area contributed by atoms with Crippen molar-refractivity contribution in [2.24, 2.45) is 5.73 Å². The number of ether oxygens (including phenoxy) is 1. The highest BCUT2D eigenvalue weighted by atomic mass is 16.5. The van der Waals surface area contributed by atoms with Gasteiger partial charge in [0.2, 0.25) is 0 Å². The Morgan fingerprint density at radius 2 is 2.18 bits per heavy atom. The van der Waals surface area contributed by atoms with Gasteiger partial charge in [0.1, 0.15) is 5.75 Å². The van der Waals surface area contributed by atoms with Gasteiger partial charge in [-0.05, 0) is 38.9 Å². The molecule has 0 spiro atoms. The quantitative estimate of drug-likeness (QED) is 0.787. The lowest BCUT2D eigenvalue weighted by molar-refractivity contribution is 0.0935. The van der Waals surface area contributed by atoms with Gasteiger partial charge in [-0.1, -0.05) is 12.1 Å². The third-order valence-corrected chi connectivity index (χ3v) is 2.41. The normalized spacial score (nSPS) is 11.9. The Bertz CT molecular complexity index is 366. The van der Waals surface area contributed by atoms with Crippen molar-refractivity contribution < 1.29 is 9.53 Å². The number of benzene rings is 1. The van der Waals surface area contributed by atoms with Crippen LogP contribution >= 0.6 is 0 Å². The van der Waals surface area contributed by atoms with Crippen molar-refractivity contribution in [2.45, 2.75) is 26.3 Å². The lowest BCUT2D eigenvalue weighted by Gasteiger charge is -2.14. The van der Waals surface area contributed by atoms with Crippen LogP contribution in [0.3, 0.4) is 0 Å². The molecule has 1 unspecified atom stereocenters. The summed E-state index contributed by atoms with van der Waals surface area (Å²) in [6.45, 7) is 4.94. The fraction of sp³-hybridized carbons (Fsp3) is 0.462. The Labute approximate surface area is 102 Å². The predicted molar refractivity (Wildman–Crippen MR) is 68.2 cm³/mol. The molecule has 1 aromatic carbocycles. The summed E-state index contributed by atoms with van der Waals surface area (Å²) in [7, 11) is 0. The molecule has 4 heteroatoms. The van der Waals surface area contributed by atoms with Crippen LogP contribution in [-0.2, 0) is 0 Å². The van der Waals surface area contributed by atoms with E-state index in [1.54, 1.807) is 12.1 Å². The van der Waals surface area contributed by atoms with Gasteiger partial charge in [0.05, 0.1) is 12.2 Å². The van der Waals surface area contributed by atoms with Gasteiger partial charge in [0.25, 0.3) is 5.91 Å². The number of hydrogen-bond donors (Lipinski definition) is 2. The molecule has 0 fully saturated rings. The minimum absolute atomic E-state index is 0.0715. The van der Waals surface area contributed by atoms with Crippen molar-refractivity contribution in [1.29, 1.82) is 0 Å². The zero-order valence-electron chi connectivity index (χ0n) is 10.4. The first-order chi connectivity index (χ1) is 8.19. The fourth-order valence-electron chi connectivity index (χ4n) is 1.56. The minimum atomic E-state index is -0.116. The van der Waals surface area contributed by atoms with Crippen LogP contribution in [0.5, 0.6) is 5.75 Å². The highest BCUT2D eigenvalue weighted by Crippen LogP contribution is 2.17. The van der Waals surface area contributed by atoms with Crippen molar-refractivity contribution in [3.05, 3.63) is 29.8 Å². The highest BCUT2D eigenvalue weighted by molar-refractivity contribution is 5.97. The molecule has 0 radical (unpaired) electrons. The van der Waals surface area contributed by atoms with Crippen molar-refractivity contribution in [2.75, 3.05) is 13.2 Å². The van der Waals surface area contributed by atoms with Crippen LogP contribution in [0, 0.1) is 0 Å². The molecule has 94 valence electrons. The summed E-state index contributed by atoms with van der Waals surface area (Å²) in [5.74, 6) is 0.502. The van der Waals surface area contributed by atoms with Crippen LogP contribution < -0.4 is 15.8 Å². The highest BCUT2D eigenvalue weighted by Gasteiger charge is 2.13. The molecule has 4 nitrogen and oxygen atoms in total. The number of para-hydroxylation sites is 1. The predicted octanol–water partition coefficient (Wildman–Crippen LogP) is 1.55. The molecule has 1 aromatic rings. The standard InChI is InChI=1S/C13H20N2O2/c1-3-17-12-7-5-4-6-11(12)13(16)15-10(2)8-9-14/h4-7,10H,3,8-9,14H2,1-2H3,(H,15,16). The fourth-order valence-corrected chi connectivity index (χ4v) is 1.56. The molecule has 0 bridgehead atoms. The van der Waals surface area contributed by atoms with E-state index in [1.807, 2.05) is 26.0 Å². The summed E-state index contributed by atoms with van der Waals surface area (Å²) in [5, 5.41) is 2.90. The van der Waals surface area contributed by atoms with E-state index < -0.39 is 0 Å². The van der Waals surface area contributed by atoms with E-state index >= 15 is 0 Å². The van der Waals surface area contributed by atoms with Crippen LogP contribution in [-0.4, -0.2) is 25.1 Å². The molecule has 0 saturated heterocycles. The van der Waals surface area contributed by atoms with Crippen molar-refractivity contribution >= 4 is 5.91 Å². The first-order valence-electron chi connectivity index (χ1n) is 5.91. The van der Waals surface area contributed by atoms with Crippen LogP contribution in [0.4, 0.5) is 0 Å². The summed E-state index contributed by atoms with van der Waals surface area (Å²) in [4.78, 5) is 12.0. The summed E-state index contributed by atoms with van der Waals surface area (Å²) in [6.07, 6.45) is 0.766. The van der Waals surface area contributed by atoms with Gasteiger partial charge < -0.3 is 15.8 Å². The molecular weight excluding hydrogens is 216 g/mol. The van der Waals surface area contributed by atoms with E-state index in [1.165, 1.54) is 0 Å². The third kappa shape index (κ3) is 4.07. The molecule has 0 heterocycles. The second-order valence-corrected chi connectivity index (χ2v) is 3.88. The second kappa shape index (κ2) is 6.91. The smallest absolute Gasteiger partial charge is 0.255 e. The average molecular weight is 236 g/mol. The van der Waals surface area contributed by atoms with Crippen LogP contribution in [0.15, 0.2) is 24.3 Å². The molecule has 0 aliphatic carbocycles. The first-order valence-corrected chi connectivity index (χ1v) is 5.91. The Morgan fingerprint density at radius 3 is 2.82 bits per heavy atom. The lowest BCUT2D eigenvalue weighted by atomic mass is 10.1. The SMILES string of the molecule is CCOc1ccccc1C(=O)NC(C)CCN. The maximum Gasteiger partial charge on any atom is 0.255 e. The molecule has 0 aromatic heterocycles. The Balaban J connectivity index is 2.74. The first kappa shape index (κ1) is 13.5. The summed E-state index contributed by atoms with van der Waals surface area (Å²) >= 11 is 0. The largest absolute Gasteiger partial charge is 0.493 e. The molecule has 0 aliphatic heterocycles. The monoisotopic (exact) mass is 236 g/mol. The van der Waals surface area contributed by atoms with E-state index in [2.05, 4.69) is 5.32 Å². The maximum absolute atomic E-state index is 12.0. The number of carbonyl (C=O) groups is 1. The van der Waals surface area contributed by atoms with Crippen LogP contribution in [0.1, 0.15) is 30.6 Å². The maximum atomic E-state index is 12.0. The summed E-state index contributed by atoms with van der Waals surface area (Å²) in [6, 6.07) is 7.31. The number of amides is 1. The molecule has 0 aliphatic rings. The Hall–Kier alpha value is -1.55. The number of hydrogen-bond acceptors (Lipinski definition) is 3. The molecule has 3 N–H and O–H groups in total. The molecule has 1 amide bonds. The van der Waals surface area contributed by atoms with Crippen molar-refractivity contribution in [3.8, 4) is 5.75 Å². The topological polar surface area (TPSA) is 64.3 Å². The van der Waals surface area contributed by atoms with Gasteiger partial charge in [-0.15, -0.1) is 0 Å².